The van der Waals surface area contributed by atoms with Gasteiger partial charge in [-0.1, -0.05) is 6.92 Å². The third-order valence-electron chi connectivity index (χ3n) is 4.39. The van der Waals surface area contributed by atoms with E-state index in [-0.39, 0.29) is 24.0 Å². The lowest BCUT2D eigenvalue weighted by molar-refractivity contribution is 0.0389. The fourth-order valence-electron chi connectivity index (χ4n) is 2.82. The molecule has 0 bridgehead atoms. The highest BCUT2D eigenvalue weighted by Crippen LogP contribution is 2.13. The van der Waals surface area contributed by atoms with Gasteiger partial charge in [-0.05, 0) is 18.6 Å². The number of rotatable bonds is 9. The second kappa shape index (κ2) is 13.1. The number of morpholine rings is 1. The number of hydrogen-bond donors (Lipinski definition) is 2. The molecule has 0 amide bonds. The van der Waals surface area contributed by atoms with Gasteiger partial charge in [0.1, 0.15) is 10.8 Å². The smallest absolute Gasteiger partial charge is 0.191 e. The number of hydrogen-bond acceptors (Lipinski definition) is 6. The van der Waals surface area contributed by atoms with Crippen LogP contribution >= 0.6 is 35.3 Å². The highest BCUT2D eigenvalue weighted by atomic mass is 127. The molecule has 28 heavy (non-hydrogen) atoms. The zero-order chi connectivity index (χ0) is 18.7. The highest BCUT2D eigenvalue weighted by molar-refractivity contribution is 14.0. The average molecular weight is 519 g/mol. The second-order valence-electron chi connectivity index (χ2n) is 6.38. The summed E-state index contributed by atoms with van der Waals surface area (Å²) in [5, 5.41) is 7.89. The SMILES string of the molecule is CCc1cnc(CN=C(NCCc2ccco2)NCCN2CCOCC2)s1.I. The van der Waals surface area contributed by atoms with E-state index in [9.17, 15) is 0 Å². The van der Waals surface area contributed by atoms with Crippen molar-refractivity contribution in [2.45, 2.75) is 26.3 Å². The molecular formula is C19H30IN5O2S. The third-order valence-corrected chi connectivity index (χ3v) is 5.52. The summed E-state index contributed by atoms with van der Waals surface area (Å²) in [7, 11) is 0. The summed E-state index contributed by atoms with van der Waals surface area (Å²) in [6, 6.07) is 3.91. The Morgan fingerprint density at radius 1 is 1.29 bits per heavy atom. The molecular weight excluding hydrogens is 489 g/mol. The fraction of sp³-hybridized carbons (Fsp3) is 0.579. The van der Waals surface area contributed by atoms with E-state index in [1.165, 1.54) is 4.88 Å². The number of thiazole rings is 1. The van der Waals surface area contributed by atoms with Crippen molar-refractivity contribution in [3.63, 3.8) is 0 Å². The molecule has 0 spiro atoms. The van der Waals surface area contributed by atoms with Crippen LogP contribution in [0, 0.1) is 0 Å². The van der Waals surface area contributed by atoms with Gasteiger partial charge in [0.15, 0.2) is 5.96 Å². The zero-order valence-electron chi connectivity index (χ0n) is 16.4. The molecule has 1 saturated heterocycles. The van der Waals surface area contributed by atoms with Crippen molar-refractivity contribution in [1.29, 1.82) is 0 Å². The van der Waals surface area contributed by atoms with Crippen molar-refractivity contribution in [2.75, 3.05) is 45.9 Å². The van der Waals surface area contributed by atoms with Gasteiger partial charge in [0.2, 0.25) is 0 Å². The zero-order valence-corrected chi connectivity index (χ0v) is 19.5. The van der Waals surface area contributed by atoms with Crippen molar-refractivity contribution in [3.8, 4) is 0 Å². The van der Waals surface area contributed by atoms with Crippen LogP contribution in [0.1, 0.15) is 22.6 Å². The van der Waals surface area contributed by atoms with Gasteiger partial charge in [-0.25, -0.2) is 9.98 Å². The van der Waals surface area contributed by atoms with Crippen LogP contribution in [0.4, 0.5) is 0 Å². The summed E-state index contributed by atoms with van der Waals surface area (Å²) in [6.45, 7) is 9.00. The van der Waals surface area contributed by atoms with Gasteiger partial charge in [0.25, 0.3) is 0 Å². The maximum atomic E-state index is 5.40. The van der Waals surface area contributed by atoms with E-state index in [2.05, 4.69) is 27.4 Å². The summed E-state index contributed by atoms with van der Waals surface area (Å²) >= 11 is 1.73. The van der Waals surface area contributed by atoms with Crippen molar-refractivity contribution in [2.24, 2.45) is 4.99 Å². The maximum Gasteiger partial charge on any atom is 0.191 e. The summed E-state index contributed by atoms with van der Waals surface area (Å²) in [4.78, 5) is 12.9. The molecule has 0 aromatic carbocycles. The normalized spacial score (nSPS) is 15.2. The molecule has 3 heterocycles. The second-order valence-corrected chi connectivity index (χ2v) is 7.58. The van der Waals surface area contributed by atoms with Crippen molar-refractivity contribution in [3.05, 3.63) is 40.2 Å². The van der Waals surface area contributed by atoms with E-state index in [0.29, 0.717) is 6.54 Å². The molecule has 0 atom stereocenters. The van der Waals surface area contributed by atoms with E-state index >= 15 is 0 Å². The number of nitrogens with zero attached hydrogens (tertiary/aromatic N) is 3. The van der Waals surface area contributed by atoms with Gasteiger partial charge in [-0.2, -0.15) is 0 Å². The van der Waals surface area contributed by atoms with Crippen LogP contribution in [0.15, 0.2) is 34.0 Å². The first-order valence-corrected chi connectivity index (χ1v) is 10.4. The Bertz CT molecular complexity index is 686. The molecule has 1 fully saturated rings. The molecule has 156 valence electrons. The largest absolute Gasteiger partial charge is 0.469 e. The monoisotopic (exact) mass is 519 g/mol. The van der Waals surface area contributed by atoms with Crippen LogP contribution in [0.5, 0.6) is 0 Å². The highest BCUT2D eigenvalue weighted by Gasteiger charge is 2.10. The van der Waals surface area contributed by atoms with Crippen molar-refractivity contribution >= 4 is 41.3 Å². The van der Waals surface area contributed by atoms with Crippen molar-refractivity contribution in [1.82, 2.24) is 20.5 Å². The van der Waals surface area contributed by atoms with Gasteiger partial charge in [0, 0.05) is 50.2 Å². The number of nitrogens with one attached hydrogen (secondary N) is 2. The van der Waals surface area contributed by atoms with E-state index in [1.54, 1.807) is 17.6 Å². The topological polar surface area (TPSA) is 74.9 Å². The Balaban J connectivity index is 0.00000280. The molecule has 0 radical (unpaired) electrons. The number of aromatic nitrogens is 1. The minimum absolute atomic E-state index is 0. The Hall–Kier alpha value is -1.17. The number of furan rings is 1. The van der Waals surface area contributed by atoms with Gasteiger partial charge in [0.05, 0.1) is 26.0 Å². The Labute approximate surface area is 188 Å². The number of guanidine groups is 1. The lowest BCUT2D eigenvalue weighted by atomic mass is 10.3. The van der Waals surface area contributed by atoms with E-state index in [4.69, 9.17) is 14.1 Å². The molecule has 2 N–H and O–H groups in total. The predicted molar refractivity (Wildman–Crippen MR) is 124 cm³/mol. The first-order chi connectivity index (χ1) is 13.3. The predicted octanol–water partition coefficient (Wildman–Crippen LogP) is 2.53. The molecule has 0 unspecified atom stereocenters. The maximum absolute atomic E-state index is 5.40. The minimum Gasteiger partial charge on any atom is -0.469 e. The molecule has 0 saturated carbocycles. The molecule has 1 aliphatic rings. The Morgan fingerprint density at radius 3 is 2.82 bits per heavy atom. The van der Waals surface area contributed by atoms with Gasteiger partial charge < -0.3 is 19.8 Å². The minimum atomic E-state index is 0. The molecule has 2 aromatic heterocycles. The lowest BCUT2D eigenvalue weighted by Crippen LogP contribution is -2.44. The van der Waals surface area contributed by atoms with Crippen LogP contribution < -0.4 is 10.6 Å². The molecule has 9 heteroatoms. The van der Waals surface area contributed by atoms with Gasteiger partial charge >= 0.3 is 0 Å². The molecule has 1 aliphatic heterocycles. The quantitative estimate of drug-likeness (QED) is 0.302. The first-order valence-electron chi connectivity index (χ1n) is 9.61. The van der Waals surface area contributed by atoms with Crippen LogP contribution in [0.25, 0.3) is 0 Å². The average Bonchev–Trinajstić information content (AvgIpc) is 3.38. The van der Waals surface area contributed by atoms with Crippen LogP contribution in [0.3, 0.4) is 0 Å². The van der Waals surface area contributed by atoms with E-state index in [1.807, 2.05) is 18.3 Å². The van der Waals surface area contributed by atoms with E-state index in [0.717, 1.165) is 75.5 Å². The fourth-order valence-corrected chi connectivity index (χ4v) is 3.61. The van der Waals surface area contributed by atoms with Crippen molar-refractivity contribution < 1.29 is 9.15 Å². The Kier molecular flexibility index (Phi) is 10.8. The number of ether oxygens (including phenoxy) is 1. The summed E-state index contributed by atoms with van der Waals surface area (Å²) in [5.74, 6) is 1.80. The molecule has 0 aliphatic carbocycles. The third kappa shape index (κ3) is 8.06. The van der Waals surface area contributed by atoms with Crippen LogP contribution in [-0.2, 0) is 24.1 Å². The van der Waals surface area contributed by atoms with Gasteiger partial charge in [-0.3, -0.25) is 4.90 Å². The van der Waals surface area contributed by atoms with Gasteiger partial charge in [-0.15, -0.1) is 35.3 Å². The molecule has 2 aromatic rings. The Morgan fingerprint density at radius 2 is 2.11 bits per heavy atom. The summed E-state index contributed by atoms with van der Waals surface area (Å²) < 4.78 is 10.8. The number of halogens is 1. The summed E-state index contributed by atoms with van der Waals surface area (Å²) in [6.07, 6.45) is 5.51. The number of aryl methyl sites for hydroxylation is 1. The van der Waals surface area contributed by atoms with Crippen LogP contribution in [-0.4, -0.2) is 61.8 Å². The van der Waals surface area contributed by atoms with E-state index < -0.39 is 0 Å². The molecule has 7 nitrogen and oxygen atoms in total. The standard InChI is InChI=1S/C19H29N5O2S.HI/c1-2-17-14-22-18(27-17)15-23-19(20-6-5-16-4-3-11-26-16)21-7-8-24-9-12-25-13-10-24;/h3-4,11,14H,2,5-10,12-13,15H2,1H3,(H2,20,21,23);1H. The first kappa shape index (κ1) is 23.1. The number of aliphatic imine (C=N–C) groups is 1. The lowest BCUT2D eigenvalue weighted by Gasteiger charge is -2.26. The molecule has 3 rings (SSSR count). The van der Waals surface area contributed by atoms with Crippen LogP contribution in [0.2, 0.25) is 0 Å². The summed E-state index contributed by atoms with van der Waals surface area (Å²) in [5.41, 5.74) is 0.